The number of guanidine groups is 1. The summed E-state index contributed by atoms with van der Waals surface area (Å²) in [6.45, 7) is 13.7. The molecule has 0 fully saturated rings. The van der Waals surface area contributed by atoms with Crippen LogP contribution in [0.25, 0.3) is 0 Å². The van der Waals surface area contributed by atoms with E-state index in [1.54, 1.807) is 12.4 Å². The molecule has 0 aromatic heterocycles. The van der Waals surface area contributed by atoms with Gasteiger partial charge in [-0.3, -0.25) is 0 Å². The van der Waals surface area contributed by atoms with E-state index in [0.29, 0.717) is 22.6 Å². The van der Waals surface area contributed by atoms with Gasteiger partial charge in [0.25, 0.3) is 5.96 Å². The highest BCUT2D eigenvalue weighted by atomic mass is 16.3. The fourth-order valence-corrected chi connectivity index (χ4v) is 13.0. The van der Waals surface area contributed by atoms with Gasteiger partial charge in [-0.2, -0.15) is 10.2 Å². The minimum absolute atomic E-state index is 0.222. The van der Waals surface area contributed by atoms with Crippen LogP contribution in [0.5, 0.6) is 17.2 Å². The normalized spacial score (nSPS) is 12.1. The molecule has 0 unspecified atom stereocenters. The molecule has 3 aromatic carbocycles. The number of hydrogen-bond donors (Lipinski definition) is 6. The number of aryl methyl sites for hydroxylation is 6. The molecule has 0 aliphatic carbocycles. The molecule has 0 atom stereocenters. The Morgan fingerprint density at radius 3 is 0.879 bits per heavy atom. The van der Waals surface area contributed by atoms with E-state index in [0.717, 1.165) is 106 Å². The standard InChI is InChI=1S/C82H140N6O3/c1-7-13-19-25-31-37-43-49-55-70-61-73(58-52-46-40-34-28-22-16-10-4)79(89)76(64-70)67-83-86-82(87-84-68-77-65-71(56-50-44-38-32-26-20-14-8-2)62-74(80(77)90)59-53-47-41-35-29-23-17-11-5)88-85-69-78-66-72(57-51-45-39-33-27-21-15-9-3)63-75(81(78)91)60-54-48-42-36-30-24-18-12-6/h61-69,89-91H,7-60H2,1-6H3,(H2,86,87,88)/p+1/b83-67-,84-68-,85-69-. The van der Waals surface area contributed by atoms with Crippen LogP contribution in [0.2, 0.25) is 0 Å². The fourth-order valence-electron chi connectivity index (χ4n) is 13.0. The molecule has 9 nitrogen and oxygen atoms in total. The van der Waals surface area contributed by atoms with Gasteiger partial charge in [0.2, 0.25) is 6.21 Å². The van der Waals surface area contributed by atoms with Crippen molar-refractivity contribution in [1.82, 2.24) is 10.9 Å². The van der Waals surface area contributed by atoms with Gasteiger partial charge in [0.05, 0.1) is 18.0 Å². The molecule has 6 N–H and O–H groups in total. The van der Waals surface area contributed by atoms with E-state index in [1.165, 1.54) is 280 Å². The summed E-state index contributed by atoms with van der Waals surface area (Å²) >= 11 is 0. The highest BCUT2D eigenvalue weighted by Crippen LogP contribution is 2.30. The second kappa shape index (κ2) is 56.8. The Kier molecular flexibility index (Phi) is 50.3. The third-order valence-electron chi connectivity index (χ3n) is 18.8. The van der Waals surface area contributed by atoms with E-state index < -0.39 is 0 Å². The lowest BCUT2D eigenvalue weighted by atomic mass is 9.96. The summed E-state index contributed by atoms with van der Waals surface area (Å²) in [5.74, 6) is 1.11. The Bertz CT molecular complexity index is 2250. The Balaban J connectivity index is 2.03. The first kappa shape index (κ1) is 80.6. The van der Waals surface area contributed by atoms with Crippen LogP contribution in [0.1, 0.15) is 400 Å². The van der Waals surface area contributed by atoms with E-state index in [-0.39, 0.29) is 11.7 Å². The van der Waals surface area contributed by atoms with Crippen LogP contribution < -0.4 is 16.0 Å². The van der Waals surface area contributed by atoms with Crippen LogP contribution in [-0.2, 0) is 38.5 Å². The summed E-state index contributed by atoms with van der Waals surface area (Å²) in [6.07, 6.45) is 71.1. The monoisotopic (exact) mass is 1260 g/mol. The predicted molar refractivity (Wildman–Crippen MR) is 397 cm³/mol. The van der Waals surface area contributed by atoms with Gasteiger partial charge in [0.1, 0.15) is 17.2 Å². The maximum Gasteiger partial charge on any atom is 0.291 e. The summed E-state index contributed by atoms with van der Waals surface area (Å²) in [7, 11) is 0. The number of phenolic OH excluding ortho intramolecular Hbond substituents is 3. The lowest BCUT2D eigenvalue weighted by molar-refractivity contribution is -0.500. The molecular weight excluding hydrogens is 1120 g/mol. The smallest absolute Gasteiger partial charge is 0.291 e. The molecule has 3 aromatic rings. The Hall–Kier alpha value is -4.66. The summed E-state index contributed by atoms with van der Waals surface area (Å²) in [5, 5.41) is 53.0. The number of phenols is 3. The van der Waals surface area contributed by atoms with Gasteiger partial charge in [0.15, 0.2) is 0 Å². The highest BCUT2D eigenvalue weighted by molar-refractivity contribution is 5.88. The predicted octanol–water partition coefficient (Wildman–Crippen LogP) is 22.9. The van der Waals surface area contributed by atoms with Gasteiger partial charge in [-0.15, -0.1) is 15.6 Å². The van der Waals surface area contributed by atoms with Crippen molar-refractivity contribution in [2.24, 2.45) is 15.3 Å². The Morgan fingerprint density at radius 2 is 0.571 bits per heavy atom. The van der Waals surface area contributed by atoms with Crippen molar-refractivity contribution in [3.05, 3.63) is 86.5 Å². The van der Waals surface area contributed by atoms with E-state index >= 15 is 0 Å². The zero-order chi connectivity index (χ0) is 65.3. The second-order valence-electron chi connectivity index (χ2n) is 27.4. The number of hydrogen-bond acceptors (Lipinski definition) is 6. The van der Waals surface area contributed by atoms with Crippen LogP contribution in [0, 0.1) is 0 Å². The zero-order valence-corrected chi connectivity index (χ0v) is 60.1. The lowest BCUT2D eigenvalue weighted by Crippen LogP contribution is -2.83. The van der Waals surface area contributed by atoms with E-state index in [4.69, 9.17) is 5.10 Å². The van der Waals surface area contributed by atoms with Crippen LogP contribution in [-0.4, -0.2) is 39.9 Å². The van der Waals surface area contributed by atoms with Gasteiger partial charge in [-0.1, -0.05) is 329 Å². The van der Waals surface area contributed by atoms with Crippen LogP contribution in [0.4, 0.5) is 0 Å². The Morgan fingerprint density at radius 1 is 0.319 bits per heavy atom. The number of benzene rings is 3. The molecule has 0 aliphatic heterocycles. The van der Waals surface area contributed by atoms with E-state index in [9.17, 15) is 15.3 Å². The van der Waals surface area contributed by atoms with Crippen LogP contribution in [0.3, 0.4) is 0 Å². The minimum atomic E-state index is 0.222. The van der Waals surface area contributed by atoms with Crippen LogP contribution >= 0.6 is 0 Å². The molecule has 516 valence electrons. The summed E-state index contributed by atoms with van der Waals surface area (Å²) in [4.78, 5) is 0. The van der Waals surface area contributed by atoms with Crippen molar-refractivity contribution < 1.29 is 20.4 Å². The zero-order valence-electron chi connectivity index (χ0n) is 60.1. The number of aromatic hydroxyl groups is 3. The van der Waals surface area contributed by atoms with Gasteiger partial charge in [-0.05, 0) is 129 Å². The molecule has 0 amide bonds. The van der Waals surface area contributed by atoms with Crippen molar-refractivity contribution in [2.75, 3.05) is 0 Å². The topological polar surface area (TPSA) is 136 Å². The summed E-state index contributed by atoms with van der Waals surface area (Å²) in [6, 6.07) is 13.1. The number of hydrazine groups is 1. The van der Waals surface area contributed by atoms with E-state index in [2.05, 4.69) is 104 Å². The quantitative estimate of drug-likeness (QED) is 0.0145. The average molecular weight is 1260 g/mol. The fraction of sp³-hybridized carbons (Fsp3) is 0.732. The summed E-state index contributed by atoms with van der Waals surface area (Å²) < 4.78 is 0. The molecule has 0 heterocycles. The molecule has 91 heavy (non-hydrogen) atoms. The van der Waals surface area contributed by atoms with E-state index in [1.807, 2.05) is 6.21 Å². The Labute approximate surface area is 560 Å². The lowest BCUT2D eigenvalue weighted by Gasteiger charge is -2.12. The average Bonchev–Trinajstić information content (AvgIpc) is 3.73. The van der Waals surface area contributed by atoms with Gasteiger partial charge >= 0.3 is 0 Å². The second-order valence-corrected chi connectivity index (χ2v) is 27.4. The highest BCUT2D eigenvalue weighted by Gasteiger charge is 2.15. The number of hydrazone groups is 2. The first-order valence-electron chi connectivity index (χ1n) is 39.1. The third-order valence-corrected chi connectivity index (χ3v) is 18.8. The minimum Gasteiger partial charge on any atom is -0.507 e. The van der Waals surface area contributed by atoms with Crippen molar-refractivity contribution >= 4 is 24.6 Å². The SMILES string of the molecule is CCCCCCCCCCc1cc(/C=N\N=C(N/N=C\c2cc(CCCCCCCCCC)cc(CCCCCCCCCC)c2O)N/[NH+]=C\c2cc(CCCCCCCCCC)cc(CCCCCCCCCC)c2O)c(O)c(CCCCCCCCCC)c1. The molecule has 3 rings (SSSR count). The number of rotatable bonds is 60. The first-order chi connectivity index (χ1) is 44.8. The maximum atomic E-state index is 11.9. The number of nitrogens with zero attached hydrogens (tertiary/aromatic N) is 3. The van der Waals surface area contributed by atoms with Crippen molar-refractivity contribution in [3.8, 4) is 17.2 Å². The molecular formula is C82H141N6O3+. The van der Waals surface area contributed by atoms with Gasteiger partial charge in [-0.25, -0.2) is 5.43 Å². The van der Waals surface area contributed by atoms with Crippen molar-refractivity contribution in [3.63, 3.8) is 0 Å². The van der Waals surface area contributed by atoms with Gasteiger partial charge in [0, 0.05) is 11.1 Å². The third kappa shape index (κ3) is 40.3. The number of unbranched alkanes of at least 4 members (excludes halogenated alkanes) is 42. The first-order valence-corrected chi connectivity index (χ1v) is 39.1. The molecule has 0 radical (unpaired) electrons. The maximum absolute atomic E-state index is 11.9. The van der Waals surface area contributed by atoms with Crippen LogP contribution in [0.15, 0.2) is 51.7 Å². The molecule has 0 bridgehead atoms. The van der Waals surface area contributed by atoms with Gasteiger partial charge < -0.3 is 15.3 Å². The summed E-state index contributed by atoms with van der Waals surface area (Å²) in [5.41, 5.74) is 15.2. The largest absolute Gasteiger partial charge is 0.507 e. The molecule has 0 spiro atoms. The molecule has 9 heteroatoms. The molecule has 0 saturated carbocycles. The number of nitrogens with one attached hydrogen (secondary N) is 3. The molecule has 0 aliphatic rings. The van der Waals surface area contributed by atoms with Crippen molar-refractivity contribution in [1.29, 1.82) is 0 Å². The van der Waals surface area contributed by atoms with Crippen molar-refractivity contribution in [2.45, 2.75) is 388 Å². The molecule has 0 saturated heterocycles.